The number of fused-ring (bicyclic) bond motifs is 1. The van der Waals surface area contributed by atoms with E-state index in [1.54, 1.807) is 28.9 Å². The van der Waals surface area contributed by atoms with Crippen LogP contribution in [0.15, 0.2) is 29.4 Å². The first-order chi connectivity index (χ1) is 12.7. The Morgan fingerprint density at radius 1 is 1.37 bits per heavy atom. The molecule has 3 rings (SSSR count). The van der Waals surface area contributed by atoms with E-state index in [9.17, 15) is 14.9 Å². The van der Waals surface area contributed by atoms with E-state index in [1.165, 1.54) is 12.1 Å². The highest BCUT2D eigenvalue weighted by atomic mass is 32.2. The van der Waals surface area contributed by atoms with Crippen LogP contribution in [0.1, 0.15) is 33.6 Å². The maximum Gasteiger partial charge on any atom is 0.410 e. The van der Waals surface area contributed by atoms with E-state index in [-0.39, 0.29) is 17.0 Å². The van der Waals surface area contributed by atoms with E-state index >= 15 is 0 Å². The number of aromatic nitrogens is 2. The number of carbonyl (C=O) groups is 1. The van der Waals surface area contributed by atoms with E-state index in [0.717, 1.165) is 17.9 Å². The van der Waals surface area contributed by atoms with Gasteiger partial charge in [-0.3, -0.25) is 15.1 Å². The van der Waals surface area contributed by atoms with Gasteiger partial charge in [0, 0.05) is 30.5 Å². The second-order valence-electron chi connectivity index (χ2n) is 7.45. The zero-order valence-corrected chi connectivity index (χ0v) is 16.4. The van der Waals surface area contributed by atoms with Gasteiger partial charge in [-0.15, -0.1) is 0 Å². The van der Waals surface area contributed by atoms with Crippen LogP contribution in [-0.2, 0) is 4.74 Å². The Bertz CT molecular complexity index is 868. The highest BCUT2D eigenvalue weighted by Gasteiger charge is 2.28. The van der Waals surface area contributed by atoms with Gasteiger partial charge >= 0.3 is 6.09 Å². The first-order valence-electron chi connectivity index (χ1n) is 8.77. The fourth-order valence-corrected chi connectivity index (χ4v) is 4.00. The van der Waals surface area contributed by atoms with Gasteiger partial charge < -0.3 is 9.64 Å². The Hall–Kier alpha value is -2.42. The molecular formula is C18H22N4O4S. The lowest BCUT2D eigenvalue weighted by molar-refractivity contribution is -0.384. The largest absolute Gasteiger partial charge is 0.444 e. The Balaban J connectivity index is 1.68. The van der Waals surface area contributed by atoms with Crippen LogP contribution >= 0.6 is 11.8 Å². The van der Waals surface area contributed by atoms with Crippen molar-refractivity contribution in [2.75, 3.05) is 13.1 Å². The summed E-state index contributed by atoms with van der Waals surface area (Å²) < 4.78 is 5.46. The summed E-state index contributed by atoms with van der Waals surface area (Å²) in [5.41, 5.74) is 0.597. The third-order valence-corrected chi connectivity index (χ3v) is 5.19. The number of carbonyl (C=O) groups excluding carboxylic acids is 1. The summed E-state index contributed by atoms with van der Waals surface area (Å²) >= 11 is 1.57. The minimum absolute atomic E-state index is 0.00233. The molecule has 0 aliphatic carbocycles. The molecule has 1 unspecified atom stereocenters. The quantitative estimate of drug-likeness (QED) is 0.576. The van der Waals surface area contributed by atoms with Crippen molar-refractivity contribution in [2.24, 2.45) is 0 Å². The van der Waals surface area contributed by atoms with Crippen LogP contribution in [0.25, 0.3) is 11.0 Å². The van der Waals surface area contributed by atoms with Crippen LogP contribution in [0.4, 0.5) is 10.5 Å². The third kappa shape index (κ3) is 5.06. The summed E-state index contributed by atoms with van der Waals surface area (Å²) in [7, 11) is 0. The molecule has 9 heteroatoms. The van der Waals surface area contributed by atoms with Gasteiger partial charge in [0.05, 0.1) is 22.2 Å². The number of ether oxygens (including phenoxy) is 1. The van der Waals surface area contributed by atoms with Crippen LogP contribution in [0.3, 0.4) is 0 Å². The number of likely N-dealkylation sites (tertiary alicyclic amines) is 1. The number of amides is 1. The van der Waals surface area contributed by atoms with Gasteiger partial charge in [-0.05, 0) is 39.7 Å². The number of hydrogen-bond acceptors (Lipinski definition) is 7. The van der Waals surface area contributed by atoms with E-state index < -0.39 is 10.5 Å². The Morgan fingerprint density at radius 3 is 2.85 bits per heavy atom. The second-order valence-corrected chi connectivity index (χ2v) is 8.77. The fourth-order valence-electron chi connectivity index (χ4n) is 2.85. The molecule has 27 heavy (non-hydrogen) atoms. The number of non-ortho nitro benzene ring substituents is 1. The summed E-state index contributed by atoms with van der Waals surface area (Å²) in [6, 6.07) is 4.45. The van der Waals surface area contributed by atoms with Crippen molar-refractivity contribution in [2.45, 2.75) is 49.5 Å². The molecule has 1 fully saturated rings. The molecule has 1 aromatic heterocycles. The van der Waals surface area contributed by atoms with Crippen molar-refractivity contribution in [1.29, 1.82) is 0 Å². The van der Waals surface area contributed by atoms with E-state index in [4.69, 9.17) is 4.74 Å². The topological polar surface area (TPSA) is 98.5 Å². The SMILES string of the molecule is CC(C)(C)OC(=O)N1CCCC(Sc2cnc3cc([N+](=O)[O-])ccc3n2)C1. The van der Waals surface area contributed by atoms with E-state index in [1.807, 2.05) is 20.8 Å². The first kappa shape index (κ1) is 19.3. The highest BCUT2D eigenvalue weighted by Crippen LogP contribution is 2.30. The molecule has 1 aliphatic heterocycles. The summed E-state index contributed by atoms with van der Waals surface area (Å²) in [6.45, 7) is 6.86. The first-order valence-corrected chi connectivity index (χ1v) is 9.65. The number of hydrogen-bond donors (Lipinski definition) is 0. The standard InChI is InChI=1S/C18H22N4O4S/c1-18(2,3)26-17(23)21-8-4-5-13(11-21)27-16-10-19-15-9-12(22(24)25)6-7-14(15)20-16/h6-7,9-10,13H,4-5,8,11H2,1-3H3. The molecule has 0 N–H and O–H groups in total. The maximum atomic E-state index is 12.3. The lowest BCUT2D eigenvalue weighted by atomic mass is 10.1. The lowest BCUT2D eigenvalue weighted by Gasteiger charge is -2.33. The van der Waals surface area contributed by atoms with Crippen molar-refractivity contribution < 1.29 is 14.5 Å². The van der Waals surface area contributed by atoms with E-state index in [0.29, 0.717) is 24.1 Å². The molecule has 0 spiro atoms. The predicted molar refractivity (Wildman–Crippen MR) is 103 cm³/mol. The minimum Gasteiger partial charge on any atom is -0.444 e. The normalized spacial score (nSPS) is 17.7. The minimum atomic E-state index is -0.510. The lowest BCUT2D eigenvalue weighted by Crippen LogP contribution is -2.43. The Kier molecular flexibility index (Phi) is 5.50. The van der Waals surface area contributed by atoms with Gasteiger partial charge in [0.2, 0.25) is 0 Å². The van der Waals surface area contributed by atoms with E-state index in [2.05, 4.69) is 9.97 Å². The van der Waals surface area contributed by atoms with Gasteiger partial charge in [0.1, 0.15) is 10.6 Å². The molecule has 1 atom stereocenters. The van der Waals surface area contributed by atoms with Crippen LogP contribution in [0.5, 0.6) is 0 Å². The Labute approximate surface area is 161 Å². The van der Waals surface area contributed by atoms with Crippen molar-refractivity contribution in [3.8, 4) is 0 Å². The molecule has 1 aromatic carbocycles. The van der Waals surface area contributed by atoms with Crippen LogP contribution < -0.4 is 0 Å². The van der Waals surface area contributed by atoms with Crippen molar-refractivity contribution in [3.05, 3.63) is 34.5 Å². The average Bonchev–Trinajstić information content (AvgIpc) is 2.60. The molecule has 1 aliphatic rings. The van der Waals surface area contributed by atoms with Crippen molar-refractivity contribution in [3.63, 3.8) is 0 Å². The zero-order chi connectivity index (χ0) is 19.6. The number of nitrogens with zero attached hydrogens (tertiary/aromatic N) is 4. The van der Waals surface area contributed by atoms with Crippen LogP contribution in [-0.4, -0.2) is 49.8 Å². The monoisotopic (exact) mass is 390 g/mol. The van der Waals surface area contributed by atoms with Gasteiger partial charge in [-0.2, -0.15) is 0 Å². The third-order valence-electron chi connectivity index (χ3n) is 4.03. The van der Waals surface area contributed by atoms with Crippen LogP contribution in [0.2, 0.25) is 0 Å². The summed E-state index contributed by atoms with van der Waals surface area (Å²) in [5, 5.41) is 11.8. The molecule has 0 bridgehead atoms. The zero-order valence-electron chi connectivity index (χ0n) is 15.5. The number of piperidine rings is 1. The molecule has 1 saturated heterocycles. The number of rotatable bonds is 3. The predicted octanol–water partition coefficient (Wildman–Crippen LogP) is 4.03. The number of nitro benzene ring substituents is 1. The highest BCUT2D eigenvalue weighted by molar-refractivity contribution is 7.99. The number of benzene rings is 1. The number of thioether (sulfide) groups is 1. The molecule has 2 aromatic rings. The second kappa shape index (κ2) is 7.67. The van der Waals surface area contributed by atoms with Crippen molar-refractivity contribution >= 4 is 34.6 Å². The number of nitro groups is 1. The summed E-state index contributed by atoms with van der Waals surface area (Å²) in [6.07, 6.45) is 3.22. The van der Waals surface area contributed by atoms with Crippen LogP contribution in [0, 0.1) is 10.1 Å². The van der Waals surface area contributed by atoms with Gasteiger partial charge in [-0.25, -0.2) is 9.78 Å². The summed E-state index contributed by atoms with van der Waals surface area (Å²) in [4.78, 5) is 33.3. The smallest absolute Gasteiger partial charge is 0.410 e. The Morgan fingerprint density at radius 2 is 2.15 bits per heavy atom. The molecule has 1 amide bonds. The van der Waals surface area contributed by atoms with Gasteiger partial charge in [-0.1, -0.05) is 11.8 Å². The molecule has 0 saturated carbocycles. The molecular weight excluding hydrogens is 368 g/mol. The average molecular weight is 390 g/mol. The molecule has 2 heterocycles. The molecule has 144 valence electrons. The molecule has 0 radical (unpaired) electrons. The molecule has 8 nitrogen and oxygen atoms in total. The summed E-state index contributed by atoms with van der Waals surface area (Å²) in [5.74, 6) is 0. The fraction of sp³-hybridized carbons (Fsp3) is 0.500. The van der Waals surface area contributed by atoms with Gasteiger partial charge in [0.15, 0.2) is 0 Å². The van der Waals surface area contributed by atoms with Gasteiger partial charge in [0.25, 0.3) is 5.69 Å². The van der Waals surface area contributed by atoms with Crippen molar-refractivity contribution in [1.82, 2.24) is 14.9 Å². The maximum absolute atomic E-state index is 12.3.